The summed E-state index contributed by atoms with van der Waals surface area (Å²) >= 11 is 0. The van der Waals surface area contributed by atoms with Crippen molar-refractivity contribution in [3.63, 3.8) is 0 Å². The summed E-state index contributed by atoms with van der Waals surface area (Å²) < 4.78 is 6.04. The Kier molecular flexibility index (Phi) is 3.00. The lowest BCUT2D eigenvalue weighted by Crippen LogP contribution is -2.44. The lowest BCUT2D eigenvalue weighted by molar-refractivity contribution is -0.0320. The SMILES string of the molecule is C1=C(c2ccccc2)CCOC12CCNCC2. The van der Waals surface area contributed by atoms with Crippen molar-refractivity contribution in [1.29, 1.82) is 0 Å². The smallest absolute Gasteiger partial charge is 0.0892 e. The summed E-state index contributed by atoms with van der Waals surface area (Å²) in [6, 6.07) is 10.7. The molecule has 90 valence electrons. The van der Waals surface area contributed by atoms with Crippen molar-refractivity contribution in [2.24, 2.45) is 0 Å². The number of nitrogens with one attached hydrogen (secondary N) is 1. The van der Waals surface area contributed by atoms with Crippen molar-refractivity contribution in [3.8, 4) is 0 Å². The van der Waals surface area contributed by atoms with Crippen LogP contribution >= 0.6 is 0 Å². The Hall–Kier alpha value is -1.12. The summed E-state index contributed by atoms with van der Waals surface area (Å²) in [6.07, 6.45) is 5.62. The van der Waals surface area contributed by atoms with Crippen LogP contribution in [0.25, 0.3) is 5.57 Å². The van der Waals surface area contributed by atoms with E-state index in [9.17, 15) is 0 Å². The second-order valence-corrected chi connectivity index (χ2v) is 4.95. The molecule has 0 amide bonds. The van der Waals surface area contributed by atoms with Crippen LogP contribution in [0.2, 0.25) is 0 Å². The predicted octanol–water partition coefficient (Wildman–Crippen LogP) is 2.61. The van der Waals surface area contributed by atoms with Crippen molar-refractivity contribution in [2.75, 3.05) is 19.7 Å². The molecule has 1 N–H and O–H groups in total. The first kappa shape index (κ1) is 11.0. The molecule has 2 heteroatoms. The van der Waals surface area contributed by atoms with Gasteiger partial charge in [0.15, 0.2) is 0 Å². The monoisotopic (exact) mass is 229 g/mol. The van der Waals surface area contributed by atoms with Crippen LogP contribution in [-0.4, -0.2) is 25.3 Å². The Morgan fingerprint density at radius 3 is 2.59 bits per heavy atom. The minimum Gasteiger partial charge on any atom is -0.370 e. The molecule has 2 nitrogen and oxygen atoms in total. The Bertz CT molecular complexity index is 404. The van der Waals surface area contributed by atoms with Crippen LogP contribution in [0.4, 0.5) is 0 Å². The van der Waals surface area contributed by atoms with E-state index >= 15 is 0 Å². The first-order valence-electron chi connectivity index (χ1n) is 6.50. The summed E-state index contributed by atoms with van der Waals surface area (Å²) in [4.78, 5) is 0. The number of rotatable bonds is 1. The second kappa shape index (κ2) is 4.63. The van der Waals surface area contributed by atoms with E-state index in [1.807, 2.05) is 0 Å². The van der Waals surface area contributed by atoms with Crippen molar-refractivity contribution in [3.05, 3.63) is 42.0 Å². The molecule has 0 unspecified atom stereocenters. The molecule has 3 rings (SSSR count). The van der Waals surface area contributed by atoms with Crippen LogP contribution in [0.3, 0.4) is 0 Å². The third kappa shape index (κ3) is 2.28. The van der Waals surface area contributed by atoms with Gasteiger partial charge >= 0.3 is 0 Å². The third-order valence-electron chi connectivity index (χ3n) is 3.79. The minimum absolute atomic E-state index is 0.00861. The molecule has 0 radical (unpaired) electrons. The zero-order chi connectivity index (χ0) is 11.6. The van der Waals surface area contributed by atoms with E-state index in [-0.39, 0.29) is 5.60 Å². The molecule has 0 bridgehead atoms. The molecular formula is C15H19NO. The average molecular weight is 229 g/mol. The summed E-state index contributed by atoms with van der Waals surface area (Å²) in [6.45, 7) is 3.00. The van der Waals surface area contributed by atoms with Crippen LogP contribution in [0, 0.1) is 0 Å². The zero-order valence-electron chi connectivity index (χ0n) is 10.1. The van der Waals surface area contributed by atoms with E-state index in [2.05, 4.69) is 41.7 Å². The molecule has 17 heavy (non-hydrogen) atoms. The second-order valence-electron chi connectivity index (χ2n) is 4.95. The summed E-state index contributed by atoms with van der Waals surface area (Å²) in [5, 5.41) is 3.40. The van der Waals surface area contributed by atoms with Gasteiger partial charge in [-0.2, -0.15) is 0 Å². The quantitative estimate of drug-likeness (QED) is 0.799. The van der Waals surface area contributed by atoms with Crippen LogP contribution in [0.15, 0.2) is 36.4 Å². The lowest BCUT2D eigenvalue weighted by atomic mass is 9.85. The molecule has 0 aliphatic carbocycles. The molecule has 2 aliphatic heterocycles. The van der Waals surface area contributed by atoms with Crippen molar-refractivity contribution < 1.29 is 4.74 Å². The van der Waals surface area contributed by atoms with Gasteiger partial charge in [0.2, 0.25) is 0 Å². The van der Waals surface area contributed by atoms with Crippen LogP contribution in [-0.2, 0) is 4.74 Å². The molecule has 1 saturated heterocycles. The van der Waals surface area contributed by atoms with Crippen molar-refractivity contribution in [1.82, 2.24) is 5.32 Å². The normalized spacial score (nSPS) is 23.4. The highest BCUT2D eigenvalue weighted by molar-refractivity contribution is 5.67. The van der Waals surface area contributed by atoms with Crippen LogP contribution in [0.5, 0.6) is 0 Å². The third-order valence-corrected chi connectivity index (χ3v) is 3.79. The standard InChI is InChI=1S/C15H19NO/c1-2-4-13(5-3-1)14-6-11-17-15(12-14)7-9-16-10-8-15/h1-5,12,16H,6-11H2. The van der Waals surface area contributed by atoms with Gasteiger partial charge in [-0.3, -0.25) is 0 Å². The first-order valence-corrected chi connectivity index (χ1v) is 6.50. The lowest BCUT2D eigenvalue weighted by Gasteiger charge is -2.38. The molecular weight excluding hydrogens is 210 g/mol. The highest BCUT2D eigenvalue weighted by Gasteiger charge is 2.33. The molecule has 1 aromatic carbocycles. The van der Waals surface area contributed by atoms with Gasteiger partial charge in [-0.1, -0.05) is 30.3 Å². The van der Waals surface area contributed by atoms with Gasteiger partial charge in [0.25, 0.3) is 0 Å². The van der Waals surface area contributed by atoms with Gasteiger partial charge in [-0.25, -0.2) is 0 Å². The summed E-state index contributed by atoms with van der Waals surface area (Å²) in [5.74, 6) is 0. The number of piperidine rings is 1. The Labute approximate surface area is 103 Å². The highest BCUT2D eigenvalue weighted by Crippen LogP contribution is 2.34. The minimum atomic E-state index is 0.00861. The van der Waals surface area contributed by atoms with E-state index in [1.165, 1.54) is 11.1 Å². The highest BCUT2D eigenvalue weighted by atomic mass is 16.5. The summed E-state index contributed by atoms with van der Waals surface area (Å²) in [5.41, 5.74) is 2.82. The van der Waals surface area contributed by atoms with Crippen molar-refractivity contribution >= 4 is 5.57 Å². The maximum atomic E-state index is 6.04. The topological polar surface area (TPSA) is 21.3 Å². The van der Waals surface area contributed by atoms with E-state index in [1.54, 1.807) is 0 Å². The van der Waals surface area contributed by atoms with Gasteiger partial charge in [0.1, 0.15) is 0 Å². The van der Waals surface area contributed by atoms with E-state index in [0.717, 1.165) is 39.0 Å². The molecule has 0 aromatic heterocycles. The van der Waals surface area contributed by atoms with Gasteiger partial charge in [0.05, 0.1) is 12.2 Å². The Balaban J connectivity index is 1.89. The first-order chi connectivity index (χ1) is 8.38. The zero-order valence-corrected chi connectivity index (χ0v) is 10.1. The van der Waals surface area contributed by atoms with E-state index < -0.39 is 0 Å². The number of hydrogen-bond donors (Lipinski definition) is 1. The van der Waals surface area contributed by atoms with Gasteiger partial charge < -0.3 is 10.1 Å². The summed E-state index contributed by atoms with van der Waals surface area (Å²) in [7, 11) is 0. The average Bonchev–Trinajstić information content (AvgIpc) is 2.41. The van der Waals surface area contributed by atoms with E-state index in [0.29, 0.717) is 0 Å². The molecule has 2 aliphatic rings. The fourth-order valence-corrected chi connectivity index (χ4v) is 2.81. The fraction of sp³-hybridized carbons (Fsp3) is 0.467. The van der Waals surface area contributed by atoms with E-state index in [4.69, 9.17) is 4.74 Å². The van der Waals surface area contributed by atoms with Crippen LogP contribution < -0.4 is 5.32 Å². The molecule has 1 fully saturated rings. The number of hydrogen-bond acceptors (Lipinski definition) is 2. The predicted molar refractivity (Wildman–Crippen MR) is 69.8 cm³/mol. The van der Waals surface area contributed by atoms with Gasteiger partial charge in [-0.05, 0) is 49.6 Å². The number of ether oxygens (including phenoxy) is 1. The largest absolute Gasteiger partial charge is 0.370 e. The Morgan fingerprint density at radius 2 is 1.82 bits per heavy atom. The van der Waals surface area contributed by atoms with Gasteiger partial charge in [-0.15, -0.1) is 0 Å². The maximum Gasteiger partial charge on any atom is 0.0892 e. The molecule has 0 atom stereocenters. The molecule has 0 saturated carbocycles. The Morgan fingerprint density at radius 1 is 1.06 bits per heavy atom. The van der Waals surface area contributed by atoms with Crippen molar-refractivity contribution in [2.45, 2.75) is 24.9 Å². The van der Waals surface area contributed by atoms with Crippen LogP contribution in [0.1, 0.15) is 24.8 Å². The fourth-order valence-electron chi connectivity index (χ4n) is 2.81. The molecule has 2 heterocycles. The number of benzene rings is 1. The van der Waals surface area contributed by atoms with Gasteiger partial charge in [0, 0.05) is 0 Å². The molecule has 1 spiro atoms. The molecule has 1 aromatic rings. The maximum absolute atomic E-state index is 6.04.